The van der Waals surface area contributed by atoms with Gasteiger partial charge in [0.2, 0.25) is 0 Å². The topological polar surface area (TPSA) is 140 Å². The van der Waals surface area contributed by atoms with E-state index in [0.29, 0.717) is 5.56 Å². The molecule has 0 bridgehead atoms. The fourth-order valence-electron chi connectivity index (χ4n) is 1.09. The minimum atomic E-state index is -4.77. The summed E-state index contributed by atoms with van der Waals surface area (Å²) in [6.45, 7) is -0.103. The van der Waals surface area contributed by atoms with E-state index in [1.165, 1.54) is 12.4 Å². The Hall–Kier alpha value is -0.880. The first-order valence-corrected chi connectivity index (χ1v) is 8.12. The van der Waals surface area contributed by atoms with Crippen molar-refractivity contribution in [3.8, 4) is 0 Å². The summed E-state index contributed by atoms with van der Waals surface area (Å²) in [4.78, 5) is 42.7. The van der Waals surface area contributed by atoms with Crippen LogP contribution in [0.25, 0.3) is 0 Å². The summed E-state index contributed by atoms with van der Waals surface area (Å²) in [5, 5.41) is 0. The Bertz CT molecular complexity index is 520. The van der Waals surface area contributed by atoms with Gasteiger partial charge in [-0.25, -0.2) is 0 Å². The second-order valence-electron chi connectivity index (χ2n) is 3.46. The first kappa shape index (κ1) is 15.2. The van der Waals surface area contributed by atoms with Crippen LogP contribution in [-0.2, 0) is 15.7 Å². The average Bonchev–Trinajstić information content (AvgIpc) is 2.22. The molecule has 100 valence electrons. The van der Waals surface area contributed by atoms with Crippen LogP contribution in [0, 0.1) is 0 Å². The standard InChI is InChI=1S/C8H12N2O6P2/c11-17(12,13)6-8(18(14,15)16)10-5-7-2-1-3-9-4-7/h1-4H,5-6H2,(H2,11,12,13)(H2,14,15,16). The monoisotopic (exact) mass is 294 g/mol. The molecule has 8 nitrogen and oxygen atoms in total. The molecule has 0 aliphatic heterocycles. The van der Waals surface area contributed by atoms with Crippen molar-refractivity contribution in [2.24, 2.45) is 4.99 Å². The molecule has 0 radical (unpaired) electrons. The van der Waals surface area contributed by atoms with Crippen LogP contribution in [0.5, 0.6) is 0 Å². The van der Waals surface area contributed by atoms with E-state index >= 15 is 0 Å². The summed E-state index contributed by atoms with van der Waals surface area (Å²) in [5.41, 5.74) is -0.228. The highest BCUT2D eigenvalue weighted by atomic mass is 31.2. The first-order valence-electron chi connectivity index (χ1n) is 4.71. The second kappa shape index (κ2) is 5.84. The molecule has 0 saturated heterocycles. The maximum Gasteiger partial charge on any atom is 0.370 e. The van der Waals surface area contributed by atoms with E-state index in [4.69, 9.17) is 19.6 Å². The van der Waals surface area contributed by atoms with E-state index in [2.05, 4.69) is 9.98 Å². The number of rotatable bonds is 5. The van der Waals surface area contributed by atoms with E-state index in [0.717, 1.165) is 0 Å². The Kier molecular flexibility index (Phi) is 4.92. The average molecular weight is 294 g/mol. The van der Waals surface area contributed by atoms with Gasteiger partial charge in [-0.1, -0.05) is 6.07 Å². The van der Waals surface area contributed by atoms with Crippen molar-refractivity contribution in [2.75, 3.05) is 6.16 Å². The summed E-state index contributed by atoms with van der Waals surface area (Å²) in [6, 6.07) is 3.25. The highest BCUT2D eigenvalue weighted by Crippen LogP contribution is 2.45. The van der Waals surface area contributed by atoms with Gasteiger partial charge >= 0.3 is 15.2 Å². The molecule has 1 rings (SSSR count). The van der Waals surface area contributed by atoms with Gasteiger partial charge in [0.05, 0.1) is 12.7 Å². The third-order valence-electron chi connectivity index (χ3n) is 1.85. The molecule has 0 atom stereocenters. The van der Waals surface area contributed by atoms with Gasteiger partial charge in [0.1, 0.15) is 5.45 Å². The first-order chi connectivity index (χ1) is 8.18. The summed E-state index contributed by atoms with van der Waals surface area (Å²) in [5.74, 6) is 0. The van der Waals surface area contributed by atoms with Crippen molar-refractivity contribution in [3.63, 3.8) is 0 Å². The van der Waals surface area contributed by atoms with Crippen molar-refractivity contribution in [3.05, 3.63) is 30.1 Å². The maximum atomic E-state index is 11.0. The number of pyridine rings is 1. The molecule has 0 unspecified atom stereocenters. The molecule has 0 aliphatic rings. The molecule has 18 heavy (non-hydrogen) atoms. The zero-order valence-corrected chi connectivity index (χ0v) is 10.9. The van der Waals surface area contributed by atoms with Crippen LogP contribution in [0.3, 0.4) is 0 Å². The Labute approximate surface area is 103 Å². The molecule has 0 aliphatic carbocycles. The minimum Gasteiger partial charge on any atom is -0.324 e. The summed E-state index contributed by atoms with van der Waals surface area (Å²) in [6.07, 6.45) is 1.91. The van der Waals surface area contributed by atoms with Crippen LogP contribution in [0.1, 0.15) is 5.56 Å². The molecule has 1 aromatic rings. The molecular formula is C8H12N2O6P2. The third kappa shape index (κ3) is 5.64. The number of nitrogens with zero attached hydrogens (tertiary/aromatic N) is 2. The van der Waals surface area contributed by atoms with Gasteiger partial charge in [0, 0.05) is 12.4 Å². The predicted octanol–water partition coefficient (Wildman–Crippen LogP) is 0.335. The van der Waals surface area contributed by atoms with E-state index < -0.39 is 26.8 Å². The van der Waals surface area contributed by atoms with E-state index in [9.17, 15) is 9.13 Å². The van der Waals surface area contributed by atoms with Gasteiger partial charge in [0.15, 0.2) is 0 Å². The number of aliphatic imine (C=N–C) groups is 1. The molecule has 0 spiro atoms. The Morgan fingerprint density at radius 3 is 2.39 bits per heavy atom. The molecule has 1 heterocycles. The highest BCUT2D eigenvalue weighted by molar-refractivity contribution is 7.73. The maximum absolute atomic E-state index is 11.0. The normalized spacial score (nSPS) is 13.7. The Balaban J connectivity index is 2.91. The van der Waals surface area contributed by atoms with E-state index in [-0.39, 0.29) is 6.54 Å². The van der Waals surface area contributed by atoms with Crippen LogP contribution in [0.15, 0.2) is 29.5 Å². The predicted molar refractivity (Wildman–Crippen MR) is 64.3 cm³/mol. The van der Waals surface area contributed by atoms with Crippen LogP contribution in [-0.4, -0.2) is 36.2 Å². The summed E-state index contributed by atoms with van der Waals surface area (Å²) in [7, 11) is -9.35. The quantitative estimate of drug-likeness (QED) is 0.453. The van der Waals surface area contributed by atoms with Gasteiger partial charge in [-0.05, 0) is 11.6 Å². The lowest BCUT2D eigenvalue weighted by Crippen LogP contribution is -2.07. The molecule has 0 aromatic carbocycles. The molecular weight excluding hydrogens is 282 g/mol. The molecule has 10 heteroatoms. The molecule has 1 aromatic heterocycles. The van der Waals surface area contributed by atoms with Crippen LogP contribution in [0.2, 0.25) is 0 Å². The van der Waals surface area contributed by atoms with E-state index in [1.54, 1.807) is 12.1 Å². The fraction of sp³-hybridized carbons (Fsp3) is 0.250. The van der Waals surface area contributed by atoms with Crippen LogP contribution >= 0.6 is 15.2 Å². The summed E-state index contributed by atoms with van der Waals surface area (Å²) < 4.78 is 21.8. The number of hydrogen-bond donors (Lipinski definition) is 4. The Morgan fingerprint density at radius 2 is 1.94 bits per heavy atom. The van der Waals surface area contributed by atoms with Crippen LogP contribution < -0.4 is 0 Å². The molecule has 0 amide bonds. The molecule has 4 N–H and O–H groups in total. The van der Waals surface area contributed by atoms with Gasteiger partial charge in [0.25, 0.3) is 0 Å². The lowest BCUT2D eigenvalue weighted by molar-refractivity contribution is 0.374. The van der Waals surface area contributed by atoms with Crippen LogP contribution in [0.4, 0.5) is 0 Å². The third-order valence-corrected chi connectivity index (χ3v) is 3.78. The van der Waals surface area contributed by atoms with Gasteiger partial charge in [-0.3, -0.25) is 19.1 Å². The van der Waals surface area contributed by atoms with Crippen molar-refractivity contribution in [2.45, 2.75) is 6.54 Å². The highest BCUT2D eigenvalue weighted by Gasteiger charge is 2.29. The van der Waals surface area contributed by atoms with Crippen molar-refractivity contribution < 1.29 is 28.7 Å². The lowest BCUT2D eigenvalue weighted by atomic mass is 10.3. The summed E-state index contributed by atoms with van der Waals surface area (Å²) >= 11 is 0. The van der Waals surface area contributed by atoms with Crippen molar-refractivity contribution >= 4 is 20.6 Å². The fourth-order valence-corrected chi connectivity index (χ4v) is 3.11. The Morgan fingerprint density at radius 1 is 1.28 bits per heavy atom. The van der Waals surface area contributed by atoms with E-state index in [1.807, 2.05) is 0 Å². The van der Waals surface area contributed by atoms with Gasteiger partial charge < -0.3 is 19.6 Å². The van der Waals surface area contributed by atoms with Gasteiger partial charge in [-0.2, -0.15) is 0 Å². The second-order valence-corrected chi connectivity index (χ2v) is 6.71. The van der Waals surface area contributed by atoms with Crippen molar-refractivity contribution in [1.29, 1.82) is 0 Å². The zero-order valence-electron chi connectivity index (χ0n) is 9.12. The number of hydrogen-bond acceptors (Lipinski definition) is 4. The largest absolute Gasteiger partial charge is 0.370 e. The van der Waals surface area contributed by atoms with Crippen molar-refractivity contribution in [1.82, 2.24) is 4.98 Å². The number of aromatic nitrogens is 1. The molecule has 0 saturated carbocycles. The minimum absolute atomic E-state index is 0.103. The zero-order chi connectivity index (χ0) is 13.8. The SMILES string of the molecule is O=P(O)(O)CC(=NCc1cccnc1)P(=O)(O)O. The molecule has 0 fully saturated rings. The smallest absolute Gasteiger partial charge is 0.324 e. The van der Waals surface area contributed by atoms with Gasteiger partial charge in [-0.15, -0.1) is 0 Å². The lowest BCUT2D eigenvalue weighted by Gasteiger charge is -2.09.